The topological polar surface area (TPSA) is 54.9 Å². The summed E-state index contributed by atoms with van der Waals surface area (Å²) in [5, 5.41) is 3.68. The van der Waals surface area contributed by atoms with Gasteiger partial charge in [-0.25, -0.2) is 9.97 Å². The lowest BCUT2D eigenvalue weighted by Crippen LogP contribution is -2.05. The number of carbonyl (C=O) groups excluding carboxylic acids is 1. The van der Waals surface area contributed by atoms with Crippen molar-refractivity contribution in [3.05, 3.63) is 54.6 Å². The summed E-state index contributed by atoms with van der Waals surface area (Å²) >= 11 is 0. The standard InChI is InChI=1S/C16H12FN3O/c1-10(21)19-13-5-2-11-3-6-14(20-15(11)8-13)12-4-7-16(17)18-9-12/h2-9H,1H3,(H,19,21). The number of nitrogens with one attached hydrogen (secondary N) is 1. The minimum Gasteiger partial charge on any atom is -0.326 e. The van der Waals surface area contributed by atoms with Crippen molar-refractivity contribution >= 4 is 22.5 Å². The van der Waals surface area contributed by atoms with Gasteiger partial charge in [0.25, 0.3) is 0 Å². The second kappa shape index (κ2) is 5.28. The van der Waals surface area contributed by atoms with Gasteiger partial charge in [-0.05, 0) is 30.3 Å². The number of aromatic nitrogens is 2. The molecule has 3 aromatic rings. The minimum atomic E-state index is -0.521. The number of pyridine rings is 2. The summed E-state index contributed by atoms with van der Waals surface area (Å²) in [7, 11) is 0. The number of rotatable bonds is 2. The van der Waals surface area contributed by atoms with Crippen molar-refractivity contribution in [1.29, 1.82) is 0 Å². The number of halogens is 1. The van der Waals surface area contributed by atoms with E-state index in [0.29, 0.717) is 11.4 Å². The van der Waals surface area contributed by atoms with Crippen LogP contribution in [0.25, 0.3) is 22.2 Å². The number of benzene rings is 1. The molecule has 1 amide bonds. The van der Waals surface area contributed by atoms with Crippen LogP contribution in [0.15, 0.2) is 48.7 Å². The first-order valence-electron chi connectivity index (χ1n) is 6.42. The zero-order chi connectivity index (χ0) is 14.8. The van der Waals surface area contributed by atoms with E-state index < -0.39 is 5.95 Å². The lowest BCUT2D eigenvalue weighted by molar-refractivity contribution is -0.114. The van der Waals surface area contributed by atoms with Crippen molar-refractivity contribution in [3.63, 3.8) is 0 Å². The van der Waals surface area contributed by atoms with Crippen LogP contribution in [0.1, 0.15) is 6.92 Å². The van der Waals surface area contributed by atoms with E-state index in [1.165, 1.54) is 19.2 Å². The zero-order valence-electron chi connectivity index (χ0n) is 11.3. The van der Waals surface area contributed by atoms with E-state index in [1.54, 1.807) is 12.1 Å². The third-order valence-electron chi connectivity index (χ3n) is 3.04. The fraction of sp³-hybridized carbons (Fsp3) is 0.0625. The molecule has 104 valence electrons. The number of carbonyl (C=O) groups is 1. The molecule has 1 N–H and O–H groups in total. The summed E-state index contributed by atoms with van der Waals surface area (Å²) in [5.41, 5.74) is 2.89. The summed E-state index contributed by atoms with van der Waals surface area (Å²) < 4.78 is 12.9. The molecule has 5 heteroatoms. The third kappa shape index (κ3) is 2.86. The number of anilines is 1. The molecular weight excluding hydrogens is 269 g/mol. The van der Waals surface area contributed by atoms with Crippen LogP contribution in [-0.2, 0) is 4.79 Å². The molecule has 0 saturated carbocycles. The van der Waals surface area contributed by atoms with Gasteiger partial charge in [0.15, 0.2) is 0 Å². The van der Waals surface area contributed by atoms with Gasteiger partial charge >= 0.3 is 0 Å². The van der Waals surface area contributed by atoms with Gasteiger partial charge in [0, 0.05) is 29.8 Å². The molecule has 3 rings (SSSR count). The molecule has 0 bridgehead atoms. The lowest BCUT2D eigenvalue weighted by atomic mass is 10.1. The van der Waals surface area contributed by atoms with E-state index >= 15 is 0 Å². The number of fused-ring (bicyclic) bond motifs is 1. The van der Waals surface area contributed by atoms with Gasteiger partial charge in [0.2, 0.25) is 11.9 Å². The third-order valence-corrected chi connectivity index (χ3v) is 3.04. The van der Waals surface area contributed by atoms with Gasteiger partial charge in [-0.2, -0.15) is 4.39 Å². The first kappa shape index (κ1) is 13.2. The SMILES string of the molecule is CC(=O)Nc1ccc2ccc(-c3ccc(F)nc3)nc2c1. The van der Waals surface area contributed by atoms with E-state index in [1.807, 2.05) is 24.3 Å². The van der Waals surface area contributed by atoms with Crippen LogP contribution >= 0.6 is 0 Å². The van der Waals surface area contributed by atoms with E-state index in [0.717, 1.165) is 16.5 Å². The molecule has 0 spiro atoms. The van der Waals surface area contributed by atoms with Crippen LogP contribution in [0.3, 0.4) is 0 Å². The molecule has 21 heavy (non-hydrogen) atoms. The normalized spacial score (nSPS) is 10.6. The smallest absolute Gasteiger partial charge is 0.221 e. The Labute approximate surface area is 120 Å². The maximum atomic E-state index is 12.9. The van der Waals surface area contributed by atoms with Crippen LogP contribution in [0, 0.1) is 5.95 Å². The van der Waals surface area contributed by atoms with E-state index in [-0.39, 0.29) is 5.91 Å². The number of hydrogen-bond acceptors (Lipinski definition) is 3. The van der Waals surface area contributed by atoms with Crippen LogP contribution in [0.2, 0.25) is 0 Å². The predicted molar refractivity (Wildman–Crippen MR) is 79.2 cm³/mol. The second-order valence-electron chi connectivity index (χ2n) is 4.65. The van der Waals surface area contributed by atoms with Crippen molar-refractivity contribution in [3.8, 4) is 11.3 Å². The molecule has 0 radical (unpaired) electrons. The Morgan fingerprint density at radius 3 is 2.67 bits per heavy atom. The minimum absolute atomic E-state index is 0.131. The molecule has 4 nitrogen and oxygen atoms in total. The molecule has 0 aliphatic carbocycles. The summed E-state index contributed by atoms with van der Waals surface area (Å²) in [6.07, 6.45) is 1.45. The molecule has 0 aliphatic rings. The Morgan fingerprint density at radius 1 is 1.14 bits per heavy atom. The number of hydrogen-bond donors (Lipinski definition) is 1. The molecule has 0 unspecified atom stereocenters. The molecule has 2 heterocycles. The van der Waals surface area contributed by atoms with Crippen molar-refractivity contribution < 1.29 is 9.18 Å². The molecule has 0 atom stereocenters. The van der Waals surface area contributed by atoms with Crippen molar-refractivity contribution in [1.82, 2.24) is 9.97 Å². The number of nitrogens with zero attached hydrogens (tertiary/aromatic N) is 2. The van der Waals surface area contributed by atoms with Gasteiger partial charge in [-0.3, -0.25) is 4.79 Å². The maximum absolute atomic E-state index is 12.9. The lowest BCUT2D eigenvalue weighted by Gasteiger charge is -2.06. The summed E-state index contributed by atoms with van der Waals surface area (Å²) in [4.78, 5) is 19.3. The first-order valence-corrected chi connectivity index (χ1v) is 6.42. The van der Waals surface area contributed by atoms with Gasteiger partial charge in [-0.1, -0.05) is 12.1 Å². The van der Waals surface area contributed by atoms with Crippen LogP contribution < -0.4 is 5.32 Å². The average molecular weight is 281 g/mol. The molecule has 0 fully saturated rings. The van der Waals surface area contributed by atoms with Gasteiger partial charge in [-0.15, -0.1) is 0 Å². The van der Waals surface area contributed by atoms with Crippen LogP contribution in [0.5, 0.6) is 0 Å². The maximum Gasteiger partial charge on any atom is 0.221 e. The Bertz CT molecular complexity index is 815. The van der Waals surface area contributed by atoms with E-state index in [2.05, 4.69) is 15.3 Å². The first-order chi connectivity index (χ1) is 10.1. The monoisotopic (exact) mass is 281 g/mol. The average Bonchev–Trinajstić information content (AvgIpc) is 2.46. The van der Waals surface area contributed by atoms with Crippen LogP contribution in [-0.4, -0.2) is 15.9 Å². The number of amides is 1. The summed E-state index contributed by atoms with van der Waals surface area (Å²) in [6, 6.07) is 12.2. The highest BCUT2D eigenvalue weighted by molar-refractivity contribution is 5.92. The van der Waals surface area contributed by atoms with Crippen molar-refractivity contribution in [2.45, 2.75) is 6.92 Å². The van der Waals surface area contributed by atoms with Crippen molar-refractivity contribution in [2.75, 3.05) is 5.32 Å². The Morgan fingerprint density at radius 2 is 1.95 bits per heavy atom. The predicted octanol–water partition coefficient (Wildman–Crippen LogP) is 3.39. The van der Waals surface area contributed by atoms with E-state index in [4.69, 9.17) is 0 Å². The van der Waals surface area contributed by atoms with Gasteiger partial charge < -0.3 is 5.32 Å². The second-order valence-corrected chi connectivity index (χ2v) is 4.65. The summed E-state index contributed by atoms with van der Waals surface area (Å²) in [6.45, 7) is 1.46. The Balaban J connectivity index is 2.05. The highest BCUT2D eigenvalue weighted by Crippen LogP contribution is 2.22. The highest BCUT2D eigenvalue weighted by atomic mass is 19.1. The van der Waals surface area contributed by atoms with Crippen LogP contribution in [0.4, 0.5) is 10.1 Å². The molecular formula is C16H12FN3O. The largest absolute Gasteiger partial charge is 0.326 e. The van der Waals surface area contributed by atoms with Gasteiger partial charge in [0.05, 0.1) is 11.2 Å². The quantitative estimate of drug-likeness (QED) is 0.732. The molecule has 2 aromatic heterocycles. The Kier molecular flexibility index (Phi) is 3.31. The van der Waals surface area contributed by atoms with Gasteiger partial charge in [0.1, 0.15) is 0 Å². The highest BCUT2D eigenvalue weighted by Gasteiger charge is 2.04. The molecule has 0 saturated heterocycles. The fourth-order valence-corrected chi connectivity index (χ4v) is 2.09. The molecule has 1 aromatic carbocycles. The molecule has 0 aliphatic heterocycles. The summed E-state index contributed by atoms with van der Waals surface area (Å²) in [5.74, 6) is -0.652. The van der Waals surface area contributed by atoms with Crippen molar-refractivity contribution in [2.24, 2.45) is 0 Å². The fourth-order valence-electron chi connectivity index (χ4n) is 2.09. The Hall–Kier alpha value is -2.82. The zero-order valence-corrected chi connectivity index (χ0v) is 11.3. The van der Waals surface area contributed by atoms with E-state index in [9.17, 15) is 9.18 Å².